The highest BCUT2D eigenvalue weighted by Gasteiger charge is 2.22. The van der Waals surface area contributed by atoms with Crippen LogP contribution in [0.5, 0.6) is 0 Å². The molecule has 0 saturated carbocycles. The summed E-state index contributed by atoms with van der Waals surface area (Å²) in [7, 11) is 2.97. The third-order valence-electron chi connectivity index (χ3n) is 2.99. The second-order valence-corrected chi connectivity index (χ2v) is 4.53. The summed E-state index contributed by atoms with van der Waals surface area (Å²) in [5, 5.41) is 5.31. The first-order valence-corrected chi connectivity index (χ1v) is 5.91. The van der Waals surface area contributed by atoms with E-state index < -0.39 is 0 Å². The molecular weight excluding hydrogens is 246 g/mol. The number of aromatic nitrogens is 3. The van der Waals surface area contributed by atoms with Crippen LogP contribution in [0.4, 0.5) is 5.82 Å². The topological polar surface area (TPSA) is 85.8 Å². The van der Waals surface area contributed by atoms with Crippen molar-refractivity contribution in [2.45, 2.75) is 19.8 Å². The van der Waals surface area contributed by atoms with Crippen LogP contribution in [0.1, 0.15) is 35.8 Å². The Morgan fingerprint density at radius 3 is 2.79 bits per heavy atom. The zero-order chi connectivity index (χ0) is 14.2. The molecule has 2 aromatic rings. The van der Waals surface area contributed by atoms with Gasteiger partial charge < -0.3 is 5.73 Å². The van der Waals surface area contributed by atoms with Gasteiger partial charge in [-0.15, -0.1) is 0 Å². The van der Waals surface area contributed by atoms with Crippen molar-refractivity contribution in [2.75, 3.05) is 19.9 Å². The number of amides is 1. The van der Waals surface area contributed by atoms with Crippen LogP contribution in [-0.4, -0.2) is 39.7 Å². The Labute approximate surface area is 110 Å². The normalized spacial score (nSPS) is 11.2. The van der Waals surface area contributed by atoms with Crippen molar-refractivity contribution in [1.29, 1.82) is 0 Å². The number of fused-ring (bicyclic) bond motifs is 1. The average molecular weight is 263 g/mol. The highest BCUT2D eigenvalue weighted by Crippen LogP contribution is 2.25. The van der Waals surface area contributed by atoms with E-state index in [1.165, 1.54) is 13.4 Å². The number of nitrogen functional groups attached to an aromatic ring is 1. The number of nitrogens with two attached hydrogens (primary N) is 1. The molecule has 1 amide bonds. The summed E-state index contributed by atoms with van der Waals surface area (Å²) in [4.78, 5) is 21.1. The van der Waals surface area contributed by atoms with Crippen LogP contribution in [0, 0.1) is 0 Å². The van der Waals surface area contributed by atoms with E-state index in [2.05, 4.69) is 10.1 Å². The summed E-state index contributed by atoms with van der Waals surface area (Å²) in [6, 6.07) is 1.78. The fourth-order valence-corrected chi connectivity index (χ4v) is 1.92. The van der Waals surface area contributed by atoms with Gasteiger partial charge in [-0.2, -0.15) is 5.10 Å². The van der Waals surface area contributed by atoms with Gasteiger partial charge in [-0.25, -0.2) is 14.6 Å². The molecule has 19 heavy (non-hydrogen) atoms. The fourth-order valence-electron chi connectivity index (χ4n) is 1.92. The Balaban J connectivity index is 2.71. The minimum absolute atomic E-state index is 0.205. The largest absolute Gasteiger partial charge is 0.382 e. The van der Waals surface area contributed by atoms with Gasteiger partial charge in [0, 0.05) is 12.7 Å². The zero-order valence-electron chi connectivity index (χ0n) is 11.4. The second kappa shape index (κ2) is 4.85. The standard InChI is InChI=1S/C12H17N5O2/c1-7(2)9-5-8(12(18)16(3)19-4)10-11(13)14-6-15-17(9)10/h5-7H,1-4H3,(H2,13,14,15). The van der Waals surface area contributed by atoms with Crippen LogP contribution >= 0.6 is 0 Å². The van der Waals surface area contributed by atoms with E-state index in [9.17, 15) is 4.79 Å². The van der Waals surface area contributed by atoms with E-state index in [0.717, 1.165) is 10.8 Å². The first-order valence-electron chi connectivity index (χ1n) is 5.91. The maximum atomic E-state index is 12.3. The molecule has 2 aromatic heterocycles. The predicted molar refractivity (Wildman–Crippen MR) is 70.6 cm³/mol. The van der Waals surface area contributed by atoms with Crippen molar-refractivity contribution >= 4 is 17.2 Å². The highest BCUT2D eigenvalue weighted by molar-refractivity contribution is 6.03. The molecule has 2 rings (SSSR count). The molecule has 0 aliphatic heterocycles. The van der Waals surface area contributed by atoms with Gasteiger partial charge in [0.1, 0.15) is 11.8 Å². The minimum Gasteiger partial charge on any atom is -0.382 e. The molecule has 0 bridgehead atoms. The molecule has 0 atom stereocenters. The van der Waals surface area contributed by atoms with Crippen LogP contribution < -0.4 is 5.73 Å². The number of hydrogen-bond donors (Lipinski definition) is 1. The van der Waals surface area contributed by atoms with E-state index in [1.54, 1.807) is 17.6 Å². The van der Waals surface area contributed by atoms with E-state index in [-0.39, 0.29) is 17.6 Å². The Kier molecular flexibility index (Phi) is 3.39. The van der Waals surface area contributed by atoms with Crippen molar-refractivity contribution in [1.82, 2.24) is 19.7 Å². The van der Waals surface area contributed by atoms with Gasteiger partial charge in [-0.3, -0.25) is 9.63 Å². The molecule has 7 nitrogen and oxygen atoms in total. The van der Waals surface area contributed by atoms with Gasteiger partial charge in [0.15, 0.2) is 5.82 Å². The number of anilines is 1. The average Bonchev–Trinajstić information content (AvgIpc) is 2.78. The van der Waals surface area contributed by atoms with Crippen molar-refractivity contribution in [3.8, 4) is 0 Å². The van der Waals surface area contributed by atoms with Crippen molar-refractivity contribution < 1.29 is 9.63 Å². The van der Waals surface area contributed by atoms with Crippen molar-refractivity contribution in [3.05, 3.63) is 23.7 Å². The van der Waals surface area contributed by atoms with Gasteiger partial charge in [-0.05, 0) is 12.0 Å². The van der Waals surface area contributed by atoms with Gasteiger partial charge in [0.25, 0.3) is 5.91 Å². The Morgan fingerprint density at radius 1 is 1.53 bits per heavy atom. The number of carbonyl (C=O) groups excluding carboxylic acids is 1. The molecule has 0 fully saturated rings. The second-order valence-electron chi connectivity index (χ2n) is 4.53. The molecule has 0 aromatic carbocycles. The molecular formula is C12H17N5O2. The third kappa shape index (κ3) is 2.12. The summed E-state index contributed by atoms with van der Waals surface area (Å²) < 4.78 is 1.66. The summed E-state index contributed by atoms with van der Waals surface area (Å²) in [6.07, 6.45) is 1.38. The quantitative estimate of drug-likeness (QED) is 0.837. The summed E-state index contributed by atoms with van der Waals surface area (Å²) in [6.45, 7) is 4.04. The predicted octanol–water partition coefficient (Wildman–Crippen LogP) is 1.07. The lowest BCUT2D eigenvalue weighted by Gasteiger charge is -2.12. The minimum atomic E-state index is -0.284. The van der Waals surface area contributed by atoms with Gasteiger partial charge >= 0.3 is 0 Å². The number of rotatable bonds is 3. The first-order chi connectivity index (χ1) is 8.97. The van der Waals surface area contributed by atoms with E-state index in [4.69, 9.17) is 10.6 Å². The molecule has 102 valence electrons. The third-order valence-corrected chi connectivity index (χ3v) is 2.99. The SMILES string of the molecule is CON(C)C(=O)c1cc(C(C)C)n2ncnc(N)c12. The molecule has 0 aliphatic carbocycles. The number of nitrogens with zero attached hydrogens (tertiary/aromatic N) is 4. The van der Waals surface area contributed by atoms with Crippen LogP contribution in [-0.2, 0) is 4.84 Å². The van der Waals surface area contributed by atoms with Crippen LogP contribution in [0.2, 0.25) is 0 Å². The van der Waals surface area contributed by atoms with Crippen LogP contribution in [0.15, 0.2) is 12.4 Å². The zero-order valence-corrected chi connectivity index (χ0v) is 11.4. The maximum absolute atomic E-state index is 12.3. The molecule has 2 N–H and O–H groups in total. The Bertz CT molecular complexity index is 620. The number of hydrogen-bond acceptors (Lipinski definition) is 5. The lowest BCUT2D eigenvalue weighted by molar-refractivity contribution is -0.0755. The smallest absolute Gasteiger partial charge is 0.279 e. The molecule has 0 saturated heterocycles. The molecule has 2 heterocycles. The lowest BCUT2D eigenvalue weighted by Crippen LogP contribution is -2.25. The summed E-state index contributed by atoms with van der Waals surface area (Å²) in [5.41, 5.74) is 7.72. The molecule has 0 aliphatic rings. The first kappa shape index (κ1) is 13.3. The van der Waals surface area contributed by atoms with Crippen LogP contribution in [0.3, 0.4) is 0 Å². The van der Waals surface area contributed by atoms with Gasteiger partial charge in [0.2, 0.25) is 0 Å². The van der Waals surface area contributed by atoms with E-state index >= 15 is 0 Å². The van der Waals surface area contributed by atoms with Crippen molar-refractivity contribution in [2.24, 2.45) is 0 Å². The Morgan fingerprint density at radius 2 is 2.21 bits per heavy atom. The van der Waals surface area contributed by atoms with Gasteiger partial charge in [0.05, 0.1) is 12.7 Å². The molecule has 0 spiro atoms. The summed E-state index contributed by atoms with van der Waals surface area (Å²) in [5.74, 6) is 0.194. The molecule has 0 unspecified atom stereocenters. The highest BCUT2D eigenvalue weighted by atomic mass is 16.7. The lowest BCUT2D eigenvalue weighted by atomic mass is 10.1. The molecule has 7 heteroatoms. The van der Waals surface area contributed by atoms with Gasteiger partial charge in [-0.1, -0.05) is 13.8 Å². The van der Waals surface area contributed by atoms with Crippen LogP contribution in [0.25, 0.3) is 5.52 Å². The maximum Gasteiger partial charge on any atom is 0.279 e. The summed E-state index contributed by atoms with van der Waals surface area (Å²) >= 11 is 0. The monoisotopic (exact) mass is 263 g/mol. The van der Waals surface area contributed by atoms with Crippen molar-refractivity contribution in [3.63, 3.8) is 0 Å². The van der Waals surface area contributed by atoms with E-state index in [0.29, 0.717) is 11.1 Å². The molecule has 0 radical (unpaired) electrons. The number of carbonyl (C=O) groups is 1. The number of hydroxylamine groups is 2. The Hall–Kier alpha value is -2.15. The van der Waals surface area contributed by atoms with E-state index in [1.807, 2.05) is 13.8 Å². The fraction of sp³-hybridized carbons (Fsp3) is 0.417.